The third-order valence-corrected chi connectivity index (χ3v) is 4.67. The van der Waals surface area contributed by atoms with Gasteiger partial charge in [0.2, 0.25) is 10.0 Å². The van der Waals surface area contributed by atoms with Gasteiger partial charge in [-0.25, -0.2) is 8.42 Å². The molecule has 0 aliphatic rings. The Balaban J connectivity index is 3.08. The smallest absolute Gasteiger partial charge is 0.243 e. The van der Waals surface area contributed by atoms with Crippen molar-refractivity contribution in [2.45, 2.75) is 24.8 Å². The Morgan fingerprint density at radius 3 is 2.35 bits per heavy atom. The van der Waals surface area contributed by atoms with Gasteiger partial charge in [0, 0.05) is 7.05 Å². The first-order chi connectivity index (χ1) is 7.91. The first kappa shape index (κ1) is 13.7. The lowest BCUT2D eigenvalue weighted by molar-refractivity contribution is 0.312. The highest BCUT2D eigenvalue weighted by molar-refractivity contribution is 7.89. The van der Waals surface area contributed by atoms with Crippen molar-refractivity contribution in [2.75, 3.05) is 7.05 Å². The van der Waals surface area contributed by atoms with Gasteiger partial charge in [-0.15, -0.1) is 0 Å². The standard InChI is InChI=1S/C11H16N2O3S/c1-9(12-14)10(2)13(3)17(15,16)11-7-5-4-6-8-11/h4-8,10,14H,1-3H3. The van der Waals surface area contributed by atoms with E-state index >= 15 is 0 Å². The zero-order valence-electron chi connectivity index (χ0n) is 10.0. The number of sulfonamides is 1. The molecule has 0 radical (unpaired) electrons. The van der Waals surface area contributed by atoms with E-state index in [0.717, 1.165) is 0 Å². The first-order valence-electron chi connectivity index (χ1n) is 5.13. The molecule has 0 saturated carbocycles. The summed E-state index contributed by atoms with van der Waals surface area (Å²) < 4.78 is 25.5. The molecule has 0 saturated heterocycles. The van der Waals surface area contributed by atoms with E-state index in [1.165, 1.54) is 23.5 Å². The summed E-state index contributed by atoms with van der Waals surface area (Å²) in [5, 5.41) is 11.7. The third kappa shape index (κ3) is 2.83. The van der Waals surface area contributed by atoms with E-state index < -0.39 is 16.1 Å². The van der Waals surface area contributed by atoms with Crippen LogP contribution in [0.4, 0.5) is 0 Å². The summed E-state index contributed by atoms with van der Waals surface area (Å²) in [5.74, 6) is 0. The number of oxime groups is 1. The summed E-state index contributed by atoms with van der Waals surface area (Å²) in [7, 11) is -2.09. The molecule has 0 fully saturated rings. The maximum absolute atomic E-state index is 12.2. The SMILES string of the molecule is CC(=NO)C(C)N(C)S(=O)(=O)c1ccccc1. The normalized spacial score (nSPS) is 14.9. The predicted octanol–water partition coefficient (Wildman–Crippen LogP) is 1.55. The Labute approximate surface area is 101 Å². The van der Waals surface area contributed by atoms with Crippen LogP contribution in [0.25, 0.3) is 0 Å². The van der Waals surface area contributed by atoms with Gasteiger partial charge in [-0.3, -0.25) is 0 Å². The fourth-order valence-electron chi connectivity index (χ4n) is 1.31. The van der Waals surface area contributed by atoms with Crippen LogP contribution in [-0.2, 0) is 10.0 Å². The second-order valence-corrected chi connectivity index (χ2v) is 5.75. The highest BCUT2D eigenvalue weighted by Crippen LogP contribution is 2.16. The van der Waals surface area contributed by atoms with Gasteiger partial charge in [-0.2, -0.15) is 4.31 Å². The molecule has 94 valence electrons. The van der Waals surface area contributed by atoms with E-state index in [1.807, 2.05) is 0 Å². The van der Waals surface area contributed by atoms with Crippen molar-refractivity contribution in [3.05, 3.63) is 30.3 Å². The van der Waals surface area contributed by atoms with Gasteiger partial charge in [-0.1, -0.05) is 23.4 Å². The van der Waals surface area contributed by atoms with Crippen LogP contribution >= 0.6 is 0 Å². The number of benzene rings is 1. The number of rotatable bonds is 4. The molecular formula is C11H16N2O3S. The van der Waals surface area contributed by atoms with Gasteiger partial charge < -0.3 is 5.21 Å². The Hall–Kier alpha value is -1.40. The molecule has 0 amide bonds. The molecule has 0 spiro atoms. The lowest BCUT2D eigenvalue weighted by Crippen LogP contribution is -2.39. The van der Waals surface area contributed by atoms with Crippen molar-refractivity contribution < 1.29 is 13.6 Å². The van der Waals surface area contributed by atoms with Crippen LogP contribution in [0.3, 0.4) is 0 Å². The molecule has 1 atom stereocenters. The molecule has 6 heteroatoms. The van der Waals surface area contributed by atoms with Crippen LogP contribution in [0, 0.1) is 0 Å². The molecule has 1 N–H and O–H groups in total. The van der Waals surface area contributed by atoms with Gasteiger partial charge >= 0.3 is 0 Å². The second kappa shape index (κ2) is 5.29. The van der Waals surface area contributed by atoms with Crippen LogP contribution in [0.5, 0.6) is 0 Å². The average molecular weight is 256 g/mol. The molecule has 0 heterocycles. The van der Waals surface area contributed by atoms with Gasteiger partial charge in [0.1, 0.15) is 0 Å². The molecule has 0 bridgehead atoms. The number of hydrogen-bond donors (Lipinski definition) is 1. The summed E-state index contributed by atoms with van der Waals surface area (Å²) in [6.07, 6.45) is 0. The maximum atomic E-state index is 12.2. The van der Waals surface area contributed by atoms with Crippen LogP contribution in [0.15, 0.2) is 40.4 Å². The van der Waals surface area contributed by atoms with Crippen molar-refractivity contribution in [3.63, 3.8) is 0 Å². The quantitative estimate of drug-likeness (QED) is 0.505. The molecule has 17 heavy (non-hydrogen) atoms. The lowest BCUT2D eigenvalue weighted by Gasteiger charge is -2.23. The molecule has 0 aliphatic heterocycles. The van der Waals surface area contributed by atoms with Crippen LogP contribution in [0.1, 0.15) is 13.8 Å². The fraction of sp³-hybridized carbons (Fsp3) is 0.364. The lowest BCUT2D eigenvalue weighted by atomic mass is 10.2. The number of nitrogens with zero attached hydrogens (tertiary/aromatic N) is 2. The maximum Gasteiger partial charge on any atom is 0.243 e. The Bertz CT molecular complexity index is 497. The fourth-order valence-corrected chi connectivity index (χ4v) is 2.72. The summed E-state index contributed by atoms with van der Waals surface area (Å²) in [5.41, 5.74) is 0.340. The summed E-state index contributed by atoms with van der Waals surface area (Å²) in [6.45, 7) is 3.23. The largest absolute Gasteiger partial charge is 0.411 e. The topological polar surface area (TPSA) is 70.0 Å². The zero-order chi connectivity index (χ0) is 13.1. The summed E-state index contributed by atoms with van der Waals surface area (Å²) in [4.78, 5) is 0.222. The second-order valence-electron chi connectivity index (χ2n) is 3.75. The van der Waals surface area contributed by atoms with Crippen molar-refractivity contribution in [2.24, 2.45) is 5.16 Å². The molecular weight excluding hydrogens is 240 g/mol. The molecule has 0 aliphatic carbocycles. The molecule has 1 aromatic carbocycles. The highest BCUT2D eigenvalue weighted by Gasteiger charge is 2.26. The predicted molar refractivity (Wildman–Crippen MR) is 65.7 cm³/mol. The van der Waals surface area contributed by atoms with E-state index in [0.29, 0.717) is 5.71 Å². The molecule has 1 aromatic rings. The van der Waals surface area contributed by atoms with Gasteiger partial charge in [-0.05, 0) is 26.0 Å². The minimum Gasteiger partial charge on any atom is -0.411 e. The van der Waals surface area contributed by atoms with E-state index in [-0.39, 0.29) is 4.90 Å². The van der Waals surface area contributed by atoms with E-state index in [2.05, 4.69) is 5.16 Å². The third-order valence-electron chi connectivity index (χ3n) is 2.73. The summed E-state index contributed by atoms with van der Waals surface area (Å²) in [6, 6.07) is 7.65. The first-order valence-corrected chi connectivity index (χ1v) is 6.57. The van der Waals surface area contributed by atoms with Crippen molar-refractivity contribution in [1.29, 1.82) is 0 Å². The van der Waals surface area contributed by atoms with E-state index in [1.54, 1.807) is 32.0 Å². The Morgan fingerprint density at radius 2 is 1.88 bits per heavy atom. The van der Waals surface area contributed by atoms with Crippen LogP contribution in [-0.4, -0.2) is 36.7 Å². The van der Waals surface area contributed by atoms with Gasteiger partial charge in [0.25, 0.3) is 0 Å². The van der Waals surface area contributed by atoms with Crippen LogP contribution < -0.4 is 0 Å². The van der Waals surface area contributed by atoms with Gasteiger partial charge in [0.05, 0.1) is 16.6 Å². The van der Waals surface area contributed by atoms with Crippen molar-refractivity contribution in [3.8, 4) is 0 Å². The van der Waals surface area contributed by atoms with E-state index in [9.17, 15) is 8.42 Å². The van der Waals surface area contributed by atoms with Crippen molar-refractivity contribution in [1.82, 2.24) is 4.31 Å². The highest BCUT2D eigenvalue weighted by atomic mass is 32.2. The molecule has 5 nitrogen and oxygen atoms in total. The minimum absolute atomic E-state index is 0.222. The van der Waals surface area contributed by atoms with E-state index in [4.69, 9.17) is 5.21 Å². The Kier molecular flexibility index (Phi) is 4.25. The van der Waals surface area contributed by atoms with Gasteiger partial charge in [0.15, 0.2) is 0 Å². The van der Waals surface area contributed by atoms with Crippen LogP contribution in [0.2, 0.25) is 0 Å². The Morgan fingerprint density at radius 1 is 1.35 bits per heavy atom. The number of hydrogen-bond acceptors (Lipinski definition) is 4. The monoisotopic (exact) mass is 256 g/mol. The summed E-state index contributed by atoms with van der Waals surface area (Å²) >= 11 is 0. The molecule has 1 unspecified atom stereocenters. The molecule has 1 rings (SSSR count). The zero-order valence-corrected chi connectivity index (χ0v) is 10.8. The minimum atomic E-state index is -3.55. The van der Waals surface area contributed by atoms with Crippen molar-refractivity contribution >= 4 is 15.7 Å². The molecule has 0 aromatic heterocycles. The average Bonchev–Trinajstić information content (AvgIpc) is 2.37.